The first-order chi connectivity index (χ1) is 14.3. The van der Waals surface area contributed by atoms with Crippen LogP contribution in [0.3, 0.4) is 0 Å². The van der Waals surface area contributed by atoms with Crippen molar-refractivity contribution in [2.75, 3.05) is 17.5 Å². The maximum Gasteiger partial charge on any atom is 0.302 e. The Morgan fingerprint density at radius 3 is 2.33 bits per heavy atom. The van der Waals surface area contributed by atoms with Gasteiger partial charge in [-0.2, -0.15) is 0 Å². The maximum absolute atomic E-state index is 13.3. The monoisotopic (exact) mass is 427 g/mol. The Labute approximate surface area is 179 Å². The van der Waals surface area contributed by atoms with E-state index in [1.165, 1.54) is 11.2 Å². The van der Waals surface area contributed by atoms with Crippen LogP contribution in [0.15, 0.2) is 83.3 Å². The molecule has 0 heterocycles. The number of aryl methyl sites for hydroxylation is 1. The van der Waals surface area contributed by atoms with Crippen LogP contribution < -0.4 is 4.31 Å². The molecule has 0 radical (unpaired) electrons. The zero-order valence-electron chi connectivity index (χ0n) is 17.7. The van der Waals surface area contributed by atoms with Crippen molar-refractivity contribution in [1.29, 1.82) is 0 Å². The second-order valence-electron chi connectivity index (χ2n) is 7.05. The van der Waals surface area contributed by atoms with Gasteiger partial charge in [0.05, 0.1) is 17.2 Å². The lowest BCUT2D eigenvalue weighted by molar-refractivity contribution is -0.140. The summed E-state index contributed by atoms with van der Waals surface area (Å²) < 4.78 is 32.9. The lowest BCUT2D eigenvalue weighted by Crippen LogP contribution is -2.32. The molecule has 0 saturated heterocycles. The van der Waals surface area contributed by atoms with Crippen LogP contribution >= 0.6 is 0 Å². The fourth-order valence-electron chi connectivity index (χ4n) is 2.78. The van der Waals surface area contributed by atoms with Crippen molar-refractivity contribution < 1.29 is 17.9 Å². The predicted octanol–water partition coefficient (Wildman–Crippen LogP) is 5.04. The minimum Gasteiger partial charge on any atom is -0.466 e. The summed E-state index contributed by atoms with van der Waals surface area (Å²) in [5, 5.41) is 0. The van der Waals surface area contributed by atoms with E-state index in [2.05, 4.69) is 0 Å². The molecule has 0 saturated carbocycles. The van der Waals surface area contributed by atoms with Gasteiger partial charge in [0.15, 0.2) is 0 Å². The van der Waals surface area contributed by atoms with Crippen LogP contribution in [-0.4, -0.2) is 27.5 Å². The lowest BCUT2D eigenvalue weighted by atomic mass is 10.2. The minimum atomic E-state index is -3.67. The van der Waals surface area contributed by atoms with Gasteiger partial charge in [0.1, 0.15) is 0 Å². The van der Waals surface area contributed by atoms with Crippen molar-refractivity contribution in [2.45, 2.75) is 38.5 Å². The Balaban J connectivity index is 2.11. The Kier molecular flexibility index (Phi) is 8.87. The highest BCUT2D eigenvalue weighted by atomic mass is 32.2. The molecule has 5 nitrogen and oxygen atoms in total. The van der Waals surface area contributed by atoms with E-state index in [1.54, 1.807) is 24.3 Å². The van der Waals surface area contributed by atoms with E-state index < -0.39 is 10.0 Å². The summed E-state index contributed by atoms with van der Waals surface area (Å²) in [6, 6.07) is 16.1. The number of hydrogen-bond donors (Lipinski definition) is 0. The summed E-state index contributed by atoms with van der Waals surface area (Å²) in [4.78, 5) is 11.0. The summed E-state index contributed by atoms with van der Waals surface area (Å²) in [5.41, 5.74) is 2.71. The van der Waals surface area contributed by atoms with E-state index in [9.17, 15) is 13.2 Å². The molecular weight excluding hydrogens is 398 g/mol. The van der Waals surface area contributed by atoms with Gasteiger partial charge in [-0.05, 0) is 51.0 Å². The van der Waals surface area contributed by atoms with Crippen molar-refractivity contribution in [3.05, 3.63) is 84.0 Å². The van der Waals surface area contributed by atoms with Crippen molar-refractivity contribution in [3.8, 4) is 0 Å². The average Bonchev–Trinajstić information content (AvgIpc) is 2.71. The number of ether oxygens (including phenoxy) is 1. The molecule has 160 valence electrons. The molecule has 6 heteroatoms. The van der Waals surface area contributed by atoms with Crippen LogP contribution in [0, 0.1) is 6.92 Å². The maximum atomic E-state index is 13.3. The van der Waals surface area contributed by atoms with Crippen molar-refractivity contribution in [2.24, 2.45) is 0 Å². The highest BCUT2D eigenvalue weighted by molar-refractivity contribution is 7.92. The molecule has 0 aliphatic rings. The Morgan fingerprint density at radius 1 is 1.03 bits per heavy atom. The molecule has 30 heavy (non-hydrogen) atoms. The van der Waals surface area contributed by atoms with Crippen LogP contribution in [0.2, 0.25) is 0 Å². The van der Waals surface area contributed by atoms with E-state index in [4.69, 9.17) is 4.74 Å². The van der Waals surface area contributed by atoms with Crippen LogP contribution in [0.25, 0.3) is 0 Å². The predicted molar refractivity (Wildman–Crippen MR) is 121 cm³/mol. The fourth-order valence-corrected chi connectivity index (χ4v) is 4.25. The highest BCUT2D eigenvalue weighted by Gasteiger charge is 2.24. The zero-order chi connectivity index (χ0) is 22.0. The summed E-state index contributed by atoms with van der Waals surface area (Å²) >= 11 is 0. The van der Waals surface area contributed by atoms with Gasteiger partial charge >= 0.3 is 5.97 Å². The third kappa shape index (κ3) is 7.19. The normalized spacial score (nSPS) is 12.2. The molecule has 0 amide bonds. The number of allylic oxidation sites excluding steroid dienone is 2. The Bertz CT molecular complexity index is 978. The third-order valence-corrected chi connectivity index (χ3v) is 6.31. The Hall–Kier alpha value is -2.86. The largest absolute Gasteiger partial charge is 0.466 e. The molecule has 2 rings (SSSR count). The van der Waals surface area contributed by atoms with Crippen LogP contribution in [0.5, 0.6) is 0 Å². The zero-order valence-corrected chi connectivity index (χ0v) is 18.6. The summed E-state index contributed by atoms with van der Waals surface area (Å²) in [6.07, 6.45) is 7.01. The average molecular weight is 428 g/mol. The van der Waals surface area contributed by atoms with Crippen LogP contribution in [0.4, 0.5) is 5.69 Å². The van der Waals surface area contributed by atoms with Gasteiger partial charge < -0.3 is 4.74 Å². The molecule has 0 aromatic heterocycles. The number of para-hydroxylation sites is 1. The molecule has 0 atom stereocenters. The van der Waals surface area contributed by atoms with Gasteiger partial charge in [0.2, 0.25) is 0 Å². The fraction of sp³-hybridized carbons (Fsp3) is 0.292. The first-order valence-electron chi connectivity index (χ1n) is 9.91. The molecule has 2 aromatic rings. The SMILES string of the molecule is CC(=O)OCC/C=C/C=C(\C)CCN(c1ccccc1)S(=O)(=O)c1ccc(C)cc1. The topological polar surface area (TPSA) is 63.7 Å². The first kappa shape index (κ1) is 23.4. The van der Waals surface area contributed by atoms with Gasteiger partial charge in [-0.15, -0.1) is 0 Å². The van der Waals surface area contributed by atoms with Gasteiger partial charge in [-0.25, -0.2) is 8.42 Å². The summed E-state index contributed by atoms with van der Waals surface area (Å²) in [7, 11) is -3.67. The molecule has 0 fully saturated rings. The van der Waals surface area contributed by atoms with Crippen LogP contribution in [0.1, 0.15) is 32.3 Å². The number of nitrogens with zero attached hydrogens (tertiary/aromatic N) is 1. The number of sulfonamides is 1. The quantitative estimate of drug-likeness (QED) is 0.303. The standard InChI is InChI=1S/C24H29NO4S/c1-20(10-6-5-9-19-29-22(3)26)17-18-25(23-11-7-4-8-12-23)30(27,28)24-15-13-21(2)14-16-24/h4-8,10-16H,9,17-19H2,1-3H3/b6-5+,20-10+. The summed E-state index contributed by atoms with van der Waals surface area (Å²) in [5.74, 6) is -0.286. The van der Waals surface area contributed by atoms with E-state index in [-0.39, 0.29) is 10.9 Å². The second kappa shape index (κ2) is 11.4. The molecule has 0 aliphatic heterocycles. The number of esters is 1. The van der Waals surface area contributed by atoms with E-state index in [0.717, 1.165) is 11.1 Å². The van der Waals surface area contributed by atoms with E-state index >= 15 is 0 Å². The Morgan fingerprint density at radius 2 is 1.70 bits per heavy atom. The number of carbonyl (C=O) groups is 1. The van der Waals surface area contributed by atoms with Crippen molar-refractivity contribution in [3.63, 3.8) is 0 Å². The first-order valence-corrected chi connectivity index (χ1v) is 11.3. The highest BCUT2D eigenvalue weighted by Crippen LogP contribution is 2.24. The van der Waals surface area contributed by atoms with Gasteiger partial charge in [0, 0.05) is 13.5 Å². The van der Waals surface area contributed by atoms with Crippen LogP contribution in [-0.2, 0) is 19.6 Å². The smallest absolute Gasteiger partial charge is 0.302 e. The number of rotatable bonds is 10. The minimum absolute atomic E-state index is 0.281. The lowest BCUT2D eigenvalue weighted by Gasteiger charge is -2.25. The number of anilines is 1. The number of benzene rings is 2. The number of hydrogen-bond acceptors (Lipinski definition) is 4. The van der Waals surface area contributed by atoms with Gasteiger partial charge in [-0.3, -0.25) is 9.10 Å². The third-order valence-electron chi connectivity index (χ3n) is 4.47. The van der Waals surface area contributed by atoms with Crippen molar-refractivity contribution >= 4 is 21.7 Å². The molecule has 0 aliphatic carbocycles. The molecule has 0 N–H and O–H groups in total. The summed E-state index contributed by atoms with van der Waals surface area (Å²) in [6.45, 7) is 5.98. The molecular formula is C24H29NO4S. The number of carbonyl (C=O) groups excluding carboxylic acids is 1. The van der Waals surface area contributed by atoms with E-state index in [1.807, 2.05) is 62.4 Å². The van der Waals surface area contributed by atoms with Gasteiger partial charge in [-0.1, -0.05) is 59.7 Å². The molecule has 0 unspecified atom stereocenters. The van der Waals surface area contributed by atoms with E-state index in [0.29, 0.717) is 31.7 Å². The molecule has 0 spiro atoms. The van der Waals surface area contributed by atoms with Gasteiger partial charge in [0.25, 0.3) is 10.0 Å². The molecule has 0 bridgehead atoms. The second-order valence-corrected chi connectivity index (χ2v) is 8.91. The molecule has 2 aromatic carbocycles. The van der Waals surface area contributed by atoms with Crippen molar-refractivity contribution in [1.82, 2.24) is 0 Å².